The molecule has 40 heteroatoms. The summed E-state index contributed by atoms with van der Waals surface area (Å²) in [5.74, 6) is -12.3. The van der Waals surface area contributed by atoms with Crippen molar-refractivity contribution in [2.45, 2.75) is 202 Å². The maximum absolute atomic E-state index is 15.3. The highest BCUT2D eigenvalue weighted by atomic mass is 35.5. The number of ether oxygens (including phenoxy) is 5. The van der Waals surface area contributed by atoms with Crippen LogP contribution in [-0.4, -0.2) is 254 Å². The van der Waals surface area contributed by atoms with E-state index in [1.807, 2.05) is 37.3 Å². The molecule has 4 aromatic rings. The van der Waals surface area contributed by atoms with Gasteiger partial charge in [0, 0.05) is 81.7 Å². The summed E-state index contributed by atoms with van der Waals surface area (Å²) in [7, 11) is 5.48. The minimum atomic E-state index is -4.11. The molecule has 1 aliphatic carbocycles. The molecule has 4 aliphatic heterocycles. The van der Waals surface area contributed by atoms with Crippen LogP contribution in [0.2, 0.25) is 5.02 Å². The van der Waals surface area contributed by atoms with Crippen molar-refractivity contribution < 1.29 is 105 Å². The predicted molar refractivity (Wildman–Crippen MR) is 480 cm³/mol. The zero-order valence-corrected chi connectivity index (χ0v) is 76.6. The number of nitrogens with zero attached hydrogens (tertiary/aromatic N) is 2. The molecule has 686 valence electrons. The van der Waals surface area contributed by atoms with Crippen LogP contribution in [0.5, 0.6) is 11.5 Å². The first-order valence-electron chi connectivity index (χ1n) is 41.2. The molecule has 0 spiro atoms. The highest BCUT2D eigenvalue weighted by Gasteiger charge is 2.65. The van der Waals surface area contributed by atoms with E-state index in [1.54, 1.807) is 74.5 Å². The predicted octanol–water partition coefficient (Wildman–Crippen LogP) is 4.30. The van der Waals surface area contributed by atoms with Gasteiger partial charge in [-0.1, -0.05) is 158 Å². The number of alkyl carbamates (subject to hydrolysis) is 1. The van der Waals surface area contributed by atoms with Gasteiger partial charge in [0.2, 0.25) is 63.2 Å². The van der Waals surface area contributed by atoms with Crippen LogP contribution in [0.25, 0.3) is 5.57 Å². The molecule has 9 rings (SSSR count). The molecule has 0 unspecified atom stereocenters. The fraction of sp³-hybridized carbons (Fsp3) is 0.512. The van der Waals surface area contributed by atoms with Crippen LogP contribution in [0.1, 0.15) is 114 Å². The minimum Gasteiger partial charge on any atom is -0.508 e. The molecule has 0 radical (unpaired) electrons. The van der Waals surface area contributed by atoms with Gasteiger partial charge in [-0.3, -0.25) is 53.3 Å². The molecule has 3 saturated heterocycles. The van der Waals surface area contributed by atoms with Gasteiger partial charge in [0.25, 0.3) is 0 Å². The van der Waals surface area contributed by atoms with E-state index in [2.05, 4.69) is 41.9 Å². The Morgan fingerprint density at radius 1 is 0.857 bits per heavy atom. The molecule has 3 fully saturated rings. The number of allylic oxidation sites excluding steroid dienone is 4. The van der Waals surface area contributed by atoms with Crippen molar-refractivity contribution in [2.75, 3.05) is 69.0 Å². The fourth-order valence-electron chi connectivity index (χ4n) is 15.1. The summed E-state index contributed by atoms with van der Waals surface area (Å²) >= 11 is 6.89. The number of fused-ring (bicyclic) bond motifs is 6. The number of methoxy groups -OCH3 is 2. The first kappa shape index (κ1) is 101. The number of hydrogen-bond acceptors (Lipinski definition) is 27. The SMILES string of the molecule is COc1cc2cc(c1Cl)N(C)C(=O)C[C@H](OC(=O)[C@H](C)N(C)C(=O)CCSSC[C@H](NC(=O)[C@@H]1CSSC[C@H](NC(=O)[C@@H](Cc3ccccc3)NS(C)(=O)=O)C(=O)C[C@@H](Cc3ccc(O)cc3)C(=O)N[C@H](CC3=CCc4ccccc43)C(=O)N[C@@H](CCCCN)C(=O)N[C@@H]([C@@H](C)O)C(=O)N1)C(N)=O)[C@]1(C)O[C@H]1[C@H](C)[C@@H]1C[C@@](O)(NC(=O)O1)[C@H](OC)/C=C/C=C(\C)C2. The number of carbonyl (C=O) groups excluding carboxylic acids is 12. The van der Waals surface area contributed by atoms with Gasteiger partial charge in [-0.15, -0.1) is 0 Å². The van der Waals surface area contributed by atoms with E-state index in [4.69, 9.17) is 46.8 Å². The topological polar surface area (TPSA) is 504 Å². The van der Waals surface area contributed by atoms with Gasteiger partial charge in [0.1, 0.15) is 82.7 Å². The number of rotatable bonds is 29. The second-order valence-electron chi connectivity index (χ2n) is 32.2. The molecule has 0 aromatic heterocycles. The summed E-state index contributed by atoms with van der Waals surface area (Å²) in [5, 5.41) is 52.3. The molecule has 4 heterocycles. The molecule has 4 bridgehead atoms. The summed E-state index contributed by atoms with van der Waals surface area (Å²) in [6.45, 7) is 8.02. The number of epoxide rings is 1. The van der Waals surface area contributed by atoms with Crippen molar-refractivity contribution in [2.24, 2.45) is 23.3 Å². The third-order valence-corrected chi connectivity index (χ3v) is 28.5. The fourth-order valence-corrected chi connectivity index (χ4v) is 20.7. The largest absolute Gasteiger partial charge is 0.508 e. The second-order valence-corrected chi connectivity index (χ2v) is 39.6. The van der Waals surface area contributed by atoms with Crippen LogP contribution in [0.4, 0.5) is 10.5 Å². The summed E-state index contributed by atoms with van der Waals surface area (Å²) in [6, 6.07) is 12.9. The molecular weight excluding hydrogens is 1750 g/mol. The average Bonchev–Trinajstić information content (AvgIpc) is 1.57. The summed E-state index contributed by atoms with van der Waals surface area (Å²) < 4.78 is 57.9. The number of sulfonamides is 1. The van der Waals surface area contributed by atoms with E-state index in [0.717, 1.165) is 71.0 Å². The van der Waals surface area contributed by atoms with E-state index < -0.39 is 202 Å². The number of hydrogen-bond donors (Lipinski definition) is 13. The molecule has 0 saturated carbocycles. The summed E-state index contributed by atoms with van der Waals surface area (Å²) in [4.78, 5) is 177. The Hall–Kier alpha value is -9.26. The lowest BCUT2D eigenvalue weighted by Gasteiger charge is -2.42. The van der Waals surface area contributed by atoms with E-state index in [-0.39, 0.29) is 91.0 Å². The number of carbonyl (C=O) groups is 12. The van der Waals surface area contributed by atoms with Gasteiger partial charge in [0.15, 0.2) is 11.5 Å². The van der Waals surface area contributed by atoms with Crippen LogP contribution < -0.4 is 63.0 Å². The lowest BCUT2D eigenvalue weighted by Crippen LogP contribution is -2.63. The van der Waals surface area contributed by atoms with Crippen LogP contribution in [0.15, 0.2) is 121 Å². The molecule has 15 N–H and O–H groups in total. The number of nitrogens with two attached hydrogens (primary N) is 2. The normalized spacial score (nSPS) is 26.5. The number of likely N-dealkylation sites (N-methyl/N-ethyl adjacent to an activating group) is 1. The number of Topliss-reactive ketones (excluding diaryl/α,β-unsaturated/α-hetero) is 1. The molecule has 17 atom stereocenters. The highest BCUT2D eigenvalue weighted by molar-refractivity contribution is 8.77. The lowest BCUT2D eigenvalue weighted by molar-refractivity contribution is -0.162. The molecular formula is C86H113ClN12O22S5. The Morgan fingerprint density at radius 2 is 1.55 bits per heavy atom. The number of phenolic OH excluding ortho intramolecular Hbond substituents is 1. The number of nitrogens with one attached hydrogen (secondary N) is 8. The van der Waals surface area contributed by atoms with Crippen molar-refractivity contribution >= 4 is 147 Å². The number of unbranched alkanes of at least 4 members (excludes halogenated alkanes) is 1. The number of amides is 10. The first-order valence-corrected chi connectivity index (χ1v) is 48.4. The van der Waals surface area contributed by atoms with Gasteiger partial charge in [-0.25, -0.2) is 22.7 Å². The smallest absolute Gasteiger partial charge is 0.409 e. The maximum atomic E-state index is 15.3. The van der Waals surface area contributed by atoms with Crippen LogP contribution in [0, 0.1) is 11.8 Å². The maximum Gasteiger partial charge on any atom is 0.409 e. The Balaban J connectivity index is 0.929. The summed E-state index contributed by atoms with van der Waals surface area (Å²) in [6.07, 6.45) is 0.424. The van der Waals surface area contributed by atoms with Gasteiger partial charge in [-0.05, 0) is 137 Å². The zero-order chi connectivity index (χ0) is 92.1. The van der Waals surface area contributed by atoms with Crippen molar-refractivity contribution in [3.8, 4) is 11.5 Å². The zero-order valence-electron chi connectivity index (χ0n) is 71.7. The Morgan fingerprint density at radius 3 is 2.23 bits per heavy atom. The number of ketones is 1. The average molecular weight is 1860 g/mol. The summed E-state index contributed by atoms with van der Waals surface area (Å²) in [5.41, 5.74) is 13.7. The van der Waals surface area contributed by atoms with Crippen LogP contribution >= 0.6 is 54.8 Å². The van der Waals surface area contributed by atoms with E-state index in [9.17, 15) is 66.9 Å². The third-order valence-electron chi connectivity index (χ3n) is 22.6. The first-order chi connectivity index (χ1) is 59.7. The monoisotopic (exact) mass is 1860 g/mol. The van der Waals surface area contributed by atoms with Crippen LogP contribution in [-0.2, 0) is 107 Å². The Kier molecular flexibility index (Phi) is 36.8. The number of halogens is 1. The lowest BCUT2D eigenvalue weighted by atomic mass is 9.83. The van der Waals surface area contributed by atoms with E-state index in [1.165, 1.54) is 71.3 Å². The number of primary amides is 1. The minimum absolute atomic E-state index is 0.0503. The number of aliphatic hydroxyl groups excluding tert-OH is 1. The molecule has 34 nitrogen and oxygen atoms in total. The molecule has 4 aromatic carbocycles. The Bertz CT molecular complexity index is 4820. The standard InChI is InChI=1S/C86H113ClN12O22S5/c1-47-19-18-25-69(118-9)86(114)43-68(119-84(113)96-86)48(2)75-85(5,121-75)70(42-72(104)99(7)65-38-53(35-47)39-67(117-8)73(65)87)120-83(112)49(3)98(6)71(103)32-34-122-123-45-63(76(89)105)93-81(110)64-46-125-124-44-62(92-80(109)61(97-126(10,115)116)37-51-20-12-11-13-21-51)66(102)41-56(36-52-26-30-57(101)31-27-52)77(106)91-60(40-55-29-28-54-22-14-15-23-58(54)55)79(108)90-59(24-16-17-33-88)78(107)95-74(50(4)100)82(111)94-64/h11-15,18-23,25-27,29-31,38-39,48-50,56,59-64,68-70,74-75,97,100-101,114H,16-17,24,28,32-37,40-46,88H2,1-10H3,(H2,89,105)(H,90,108)(H,91,106)(H,92,109)(H,93,110)(H,94,111)(H,95,107)(H,96,113)/b25-18+,47-19+/t48-,49+,50-,56-,59+,60-,61-,62+,63+,64+,68+,69-,70+,74+,75+,85+,86+/m1/s1. The highest BCUT2D eigenvalue weighted by Crippen LogP contribution is 2.50. The second kappa shape index (κ2) is 46.1. The Labute approximate surface area is 753 Å². The third kappa shape index (κ3) is 27.9. The number of aromatic hydroxyl groups is 1. The number of esters is 1. The van der Waals surface area contributed by atoms with Crippen molar-refractivity contribution in [1.82, 2.24) is 46.8 Å². The number of phenols is 1. The number of benzene rings is 4. The number of anilines is 1. The quantitative estimate of drug-likeness (QED) is 0.0156. The van der Waals surface area contributed by atoms with Gasteiger partial charge in [-0.2, -0.15) is 0 Å². The van der Waals surface area contributed by atoms with E-state index >= 15 is 14.4 Å². The van der Waals surface area contributed by atoms with Crippen molar-refractivity contribution in [3.05, 3.63) is 154 Å². The van der Waals surface area contributed by atoms with Crippen LogP contribution in [0.3, 0.4) is 0 Å². The van der Waals surface area contributed by atoms with Gasteiger partial charge in [0.05, 0.1) is 43.7 Å². The van der Waals surface area contributed by atoms with E-state index in [0.29, 0.717) is 41.5 Å². The van der Waals surface area contributed by atoms with Gasteiger partial charge >= 0.3 is 12.1 Å². The van der Waals surface area contributed by atoms with Gasteiger partial charge < -0.3 is 92.2 Å². The molecule has 10 amide bonds. The number of aliphatic hydroxyl groups is 2. The molecule has 5 aliphatic rings. The van der Waals surface area contributed by atoms with Crippen molar-refractivity contribution in [3.63, 3.8) is 0 Å². The molecule has 126 heavy (non-hydrogen) atoms. The van der Waals surface area contributed by atoms with Crippen molar-refractivity contribution in [1.29, 1.82) is 0 Å².